The van der Waals surface area contributed by atoms with Gasteiger partial charge in [-0.05, 0) is 17.2 Å². The summed E-state index contributed by atoms with van der Waals surface area (Å²) >= 11 is 0. The number of benzene rings is 2. The van der Waals surface area contributed by atoms with Crippen LogP contribution < -0.4 is 10.1 Å². The van der Waals surface area contributed by atoms with Crippen LogP contribution in [0.25, 0.3) is 11.1 Å². The molecule has 22 heavy (non-hydrogen) atoms. The smallest absolute Gasteiger partial charge is 0.126 e. The zero-order valence-corrected chi connectivity index (χ0v) is 12.4. The standard InChI is InChI=1S/C18H18N2O2/c1-22-17-5-3-2-4-14(17)12-6-8-13(9-7-12)18-15(10-19)20-16(18)11-21/h2-9,15-16,18,20-21H,11H2,1H3/t15-,16-,18+/m1/s1. The lowest BCUT2D eigenvalue weighted by molar-refractivity contribution is 0.151. The Labute approximate surface area is 130 Å². The first-order valence-electron chi connectivity index (χ1n) is 7.28. The van der Waals surface area contributed by atoms with Crippen LogP contribution in [0.4, 0.5) is 0 Å². The van der Waals surface area contributed by atoms with E-state index in [0.717, 1.165) is 22.4 Å². The van der Waals surface area contributed by atoms with Crippen LogP contribution in [0.2, 0.25) is 0 Å². The molecule has 4 heteroatoms. The van der Waals surface area contributed by atoms with Crippen molar-refractivity contribution in [3.63, 3.8) is 0 Å². The predicted octanol–water partition coefficient (Wildman–Crippen LogP) is 2.30. The predicted molar refractivity (Wildman–Crippen MR) is 84.6 cm³/mol. The lowest BCUT2D eigenvalue weighted by Gasteiger charge is -2.41. The molecule has 112 valence electrons. The Kier molecular flexibility index (Phi) is 4.10. The molecule has 3 rings (SSSR count). The monoisotopic (exact) mass is 294 g/mol. The molecule has 0 aromatic heterocycles. The molecule has 4 nitrogen and oxygen atoms in total. The van der Waals surface area contributed by atoms with Gasteiger partial charge >= 0.3 is 0 Å². The number of methoxy groups -OCH3 is 1. The summed E-state index contributed by atoms with van der Waals surface area (Å²) in [5.41, 5.74) is 3.18. The number of nitrogens with zero attached hydrogens (tertiary/aromatic N) is 1. The summed E-state index contributed by atoms with van der Waals surface area (Å²) in [5, 5.41) is 21.5. The molecule has 0 spiro atoms. The molecule has 3 atom stereocenters. The van der Waals surface area contributed by atoms with Gasteiger partial charge < -0.3 is 9.84 Å². The number of para-hydroxylation sites is 1. The summed E-state index contributed by atoms with van der Waals surface area (Å²) in [6.07, 6.45) is 0. The van der Waals surface area contributed by atoms with Gasteiger partial charge in [0.2, 0.25) is 0 Å². The van der Waals surface area contributed by atoms with Crippen molar-refractivity contribution in [2.45, 2.75) is 18.0 Å². The van der Waals surface area contributed by atoms with Gasteiger partial charge in [-0.15, -0.1) is 0 Å². The molecule has 1 saturated heterocycles. The van der Waals surface area contributed by atoms with E-state index in [0.29, 0.717) is 0 Å². The number of hydrogen-bond donors (Lipinski definition) is 2. The van der Waals surface area contributed by atoms with Crippen LogP contribution in [-0.2, 0) is 0 Å². The van der Waals surface area contributed by atoms with Crippen molar-refractivity contribution >= 4 is 0 Å². The quantitative estimate of drug-likeness (QED) is 0.908. The molecule has 0 saturated carbocycles. The Bertz CT molecular complexity index is 691. The Morgan fingerprint density at radius 3 is 2.55 bits per heavy atom. The van der Waals surface area contributed by atoms with Gasteiger partial charge in [0.1, 0.15) is 11.8 Å². The third-order valence-corrected chi connectivity index (χ3v) is 4.24. The van der Waals surface area contributed by atoms with E-state index in [1.165, 1.54) is 0 Å². The fourth-order valence-corrected chi connectivity index (χ4v) is 3.03. The second kappa shape index (κ2) is 6.18. The second-order valence-electron chi connectivity index (χ2n) is 5.41. The molecule has 0 aliphatic carbocycles. The molecule has 0 bridgehead atoms. The SMILES string of the molecule is COc1ccccc1-c1ccc([C@H]2[C@@H](C#N)N[C@@H]2CO)cc1. The minimum atomic E-state index is -0.228. The molecule has 0 unspecified atom stereocenters. The molecule has 2 aromatic rings. The lowest BCUT2D eigenvalue weighted by Crippen LogP contribution is -2.60. The third kappa shape index (κ3) is 2.45. The Morgan fingerprint density at radius 2 is 1.91 bits per heavy atom. The van der Waals surface area contributed by atoms with Crippen LogP contribution in [-0.4, -0.2) is 30.9 Å². The van der Waals surface area contributed by atoms with E-state index >= 15 is 0 Å². The fourth-order valence-electron chi connectivity index (χ4n) is 3.03. The first-order valence-corrected chi connectivity index (χ1v) is 7.28. The van der Waals surface area contributed by atoms with Gasteiger partial charge in [-0.2, -0.15) is 5.26 Å². The second-order valence-corrected chi connectivity index (χ2v) is 5.41. The third-order valence-electron chi connectivity index (χ3n) is 4.24. The molecule has 0 radical (unpaired) electrons. The number of aliphatic hydroxyl groups excluding tert-OH is 1. The van der Waals surface area contributed by atoms with Crippen molar-refractivity contribution in [3.8, 4) is 22.9 Å². The first-order chi connectivity index (χ1) is 10.8. The van der Waals surface area contributed by atoms with E-state index in [9.17, 15) is 5.11 Å². The largest absolute Gasteiger partial charge is 0.496 e. The summed E-state index contributed by atoms with van der Waals surface area (Å²) in [4.78, 5) is 0. The number of ether oxygens (including phenoxy) is 1. The highest BCUT2D eigenvalue weighted by Gasteiger charge is 2.41. The van der Waals surface area contributed by atoms with E-state index in [1.807, 2.05) is 48.5 Å². The first kappa shape index (κ1) is 14.6. The van der Waals surface area contributed by atoms with Crippen molar-refractivity contribution in [1.29, 1.82) is 5.26 Å². The van der Waals surface area contributed by atoms with E-state index in [1.54, 1.807) is 7.11 Å². The van der Waals surface area contributed by atoms with E-state index < -0.39 is 0 Å². The van der Waals surface area contributed by atoms with Gasteiger partial charge in [-0.1, -0.05) is 42.5 Å². The number of nitriles is 1. The van der Waals surface area contributed by atoms with E-state index in [-0.39, 0.29) is 24.6 Å². The Hall–Kier alpha value is -2.35. The van der Waals surface area contributed by atoms with Gasteiger partial charge in [-0.3, -0.25) is 5.32 Å². The van der Waals surface area contributed by atoms with Crippen molar-refractivity contribution < 1.29 is 9.84 Å². The van der Waals surface area contributed by atoms with Crippen LogP contribution in [0.5, 0.6) is 5.75 Å². The topological polar surface area (TPSA) is 65.3 Å². The van der Waals surface area contributed by atoms with Crippen LogP contribution in [0.3, 0.4) is 0 Å². The van der Waals surface area contributed by atoms with Gasteiger partial charge in [0.05, 0.1) is 19.8 Å². The fraction of sp³-hybridized carbons (Fsp3) is 0.278. The van der Waals surface area contributed by atoms with E-state index in [2.05, 4.69) is 11.4 Å². The normalized spacial score (nSPS) is 23.4. The van der Waals surface area contributed by atoms with E-state index in [4.69, 9.17) is 10.00 Å². The maximum Gasteiger partial charge on any atom is 0.126 e. The minimum Gasteiger partial charge on any atom is -0.496 e. The minimum absolute atomic E-state index is 0.0388. The highest BCUT2D eigenvalue weighted by atomic mass is 16.5. The average Bonchev–Trinajstić information content (AvgIpc) is 2.55. The molecule has 0 amide bonds. The van der Waals surface area contributed by atoms with Gasteiger partial charge in [-0.25, -0.2) is 0 Å². The highest BCUT2D eigenvalue weighted by Crippen LogP contribution is 2.34. The summed E-state index contributed by atoms with van der Waals surface area (Å²) in [5.74, 6) is 0.880. The molecule has 2 N–H and O–H groups in total. The average molecular weight is 294 g/mol. The molecule has 2 aromatic carbocycles. The number of nitrogens with one attached hydrogen (secondary N) is 1. The van der Waals surface area contributed by atoms with Crippen LogP contribution in [0.1, 0.15) is 11.5 Å². The van der Waals surface area contributed by atoms with Crippen LogP contribution in [0.15, 0.2) is 48.5 Å². The molecule has 1 fully saturated rings. The summed E-state index contributed by atoms with van der Waals surface area (Å²) < 4.78 is 5.39. The molecular formula is C18H18N2O2. The summed E-state index contributed by atoms with van der Waals surface area (Å²) in [6.45, 7) is 0.0388. The zero-order chi connectivity index (χ0) is 15.5. The van der Waals surface area contributed by atoms with Gasteiger partial charge in [0.15, 0.2) is 0 Å². The number of rotatable bonds is 4. The zero-order valence-electron chi connectivity index (χ0n) is 12.4. The summed E-state index contributed by atoms with van der Waals surface area (Å²) in [6, 6.07) is 18.0. The van der Waals surface area contributed by atoms with Gasteiger partial charge in [0.25, 0.3) is 0 Å². The van der Waals surface area contributed by atoms with Crippen molar-refractivity contribution in [2.24, 2.45) is 0 Å². The van der Waals surface area contributed by atoms with Crippen LogP contribution in [0, 0.1) is 11.3 Å². The Balaban J connectivity index is 1.88. The number of hydrogen-bond acceptors (Lipinski definition) is 4. The van der Waals surface area contributed by atoms with Crippen molar-refractivity contribution in [3.05, 3.63) is 54.1 Å². The molecule has 1 aliphatic rings. The summed E-state index contributed by atoms with van der Waals surface area (Å²) in [7, 11) is 1.66. The van der Waals surface area contributed by atoms with Crippen molar-refractivity contribution in [1.82, 2.24) is 5.32 Å². The molecule has 1 heterocycles. The molecule has 1 aliphatic heterocycles. The highest BCUT2D eigenvalue weighted by molar-refractivity contribution is 5.70. The maximum atomic E-state index is 9.34. The maximum absolute atomic E-state index is 9.34. The lowest BCUT2D eigenvalue weighted by atomic mass is 9.78. The Morgan fingerprint density at radius 1 is 1.18 bits per heavy atom. The van der Waals surface area contributed by atoms with Crippen LogP contribution >= 0.6 is 0 Å². The number of aliphatic hydroxyl groups is 1. The van der Waals surface area contributed by atoms with Gasteiger partial charge in [0, 0.05) is 17.5 Å². The molecular weight excluding hydrogens is 276 g/mol. The van der Waals surface area contributed by atoms with Crippen molar-refractivity contribution in [2.75, 3.05) is 13.7 Å².